The Balaban J connectivity index is 1.50. The molecule has 0 aliphatic carbocycles. The van der Waals surface area contributed by atoms with E-state index in [1.165, 1.54) is 5.39 Å². The number of methoxy groups -OCH3 is 2. The molecule has 4 rings (SSSR count). The van der Waals surface area contributed by atoms with Gasteiger partial charge in [-0.2, -0.15) is 0 Å². The van der Waals surface area contributed by atoms with Crippen LogP contribution in [0.5, 0.6) is 11.5 Å². The summed E-state index contributed by atoms with van der Waals surface area (Å²) in [5.41, 5.74) is 2.06. The quantitative estimate of drug-likeness (QED) is 0.731. The van der Waals surface area contributed by atoms with E-state index in [1.54, 1.807) is 14.2 Å². The molecule has 1 saturated heterocycles. The second-order valence-corrected chi connectivity index (χ2v) is 6.89. The van der Waals surface area contributed by atoms with Gasteiger partial charge in [-0.3, -0.25) is 0 Å². The van der Waals surface area contributed by atoms with Crippen LogP contribution in [-0.2, 0) is 0 Å². The van der Waals surface area contributed by atoms with Crippen molar-refractivity contribution in [3.8, 4) is 11.5 Å². The van der Waals surface area contributed by atoms with Gasteiger partial charge in [0.25, 0.3) is 0 Å². The van der Waals surface area contributed by atoms with E-state index in [2.05, 4.69) is 34.5 Å². The number of hydrogen-bond donors (Lipinski definition) is 1. The fourth-order valence-corrected chi connectivity index (χ4v) is 3.66. The molecular weight excluding hydrogens is 338 g/mol. The zero-order chi connectivity index (χ0) is 18.6. The molecule has 2 aromatic carbocycles. The molecule has 0 amide bonds. The van der Waals surface area contributed by atoms with E-state index in [0.717, 1.165) is 54.5 Å². The first-order valence-corrected chi connectivity index (χ1v) is 9.35. The first kappa shape index (κ1) is 17.5. The predicted molar refractivity (Wildman–Crippen MR) is 110 cm³/mol. The zero-order valence-corrected chi connectivity index (χ0v) is 15.8. The Morgan fingerprint density at radius 1 is 1.00 bits per heavy atom. The van der Waals surface area contributed by atoms with Crippen molar-refractivity contribution in [2.24, 2.45) is 0 Å². The van der Waals surface area contributed by atoms with Crippen LogP contribution >= 0.6 is 0 Å². The normalized spacial score (nSPS) is 17.0. The summed E-state index contributed by atoms with van der Waals surface area (Å²) in [6.07, 6.45) is 2.26. The Morgan fingerprint density at radius 3 is 2.56 bits per heavy atom. The third-order valence-corrected chi connectivity index (χ3v) is 5.05. The molecule has 0 bridgehead atoms. The highest BCUT2D eigenvalue weighted by Crippen LogP contribution is 2.28. The highest BCUT2D eigenvalue weighted by Gasteiger charge is 2.21. The van der Waals surface area contributed by atoms with E-state index < -0.39 is 0 Å². The molecule has 2 heterocycles. The van der Waals surface area contributed by atoms with E-state index in [-0.39, 0.29) is 0 Å². The average molecular weight is 363 g/mol. The molecule has 1 fully saturated rings. The number of piperidine rings is 1. The lowest BCUT2D eigenvalue weighted by Crippen LogP contribution is -2.42. The highest BCUT2D eigenvalue weighted by molar-refractivity contribution is 5.80. The van der Waals surface area contributed by atoms with Gasteiger partial charge in [-0.1, -0.05) is 18.2 Å². The number of pyridine rings is 1. The Bertz CT molecular complexity index is 906. The molecule has 0 spiro atoms. The largest absolute Gasteiger partial charge is 0.497 e. The SMILES string of the molecule is COc1cc(NC2CCCN(c3ccc4ccccc4n3)C2)cc(OC)c1. The van der Waals surface area contributed by atoms with Crippen molar-refractivity contribution >= 4 is 22.4 Å². The molecule has 27 heavy (non-hydrogen) atoms. The molecule has 1 aliphatic heterocycles. The van der Waals surface area contributed by atoms with Gasteiger partial charge in [0.1, 0.15) is 17.3 Å². The number of nitrogens with zero attached hydrogens (tertiary/aromatic N) is 2. The van der Waals surface area contributed by atoms with Gasteiger partial charge in [-0.15, -0.1) is 0 Å². The van der Waals surface area contributed by atoms with Crippen molar-refractivity contribution in [2.75, 3.05) is 37.5 Å². The predicted octanol–water partition coefficient (Wildman–Crippen LogP) is 4.33. The minimum Gasteiger partial charge on any atom is -0.497 e. The molecule has 5 nitrogen and oxygen atoms in total. The number of para-hydroxylation sites is 1. The van der Waals surface area contributed by atoms with Crippen molar-refractivity contribution < 1.29 is 9.47 Å². The monoisotopic (exact) mass is 363 g/mol. The number of hydrogen-bond acceptors (Lipinski definition) is 5. The van der Waals surface area contributed by atoms with Gasteiger partial charge in [0, 0.05) is 48.4 Å². The summed E-state index contributed by atoms with van der Waals surface area (Å²) in [7, 11) is 3.35. The average Bonchev–Trinajstić information content (AvgIpc) is 2.73. The summed E-state index contributed by atoms with van der Waals surface area (Å²) >= 11 is 0. The van der Waals surface area contributed by atoms with Crippen LogP contribution in [0.1, 0.15) is 12.8 Å². The molecule has 140 valence electrons. The standard InChI is InChI=1S/C22H25N3O2/c1-26-19-12-18(13-20(14-19)27-2)23-17-7-5-11-25(15-17)22-10-9-16-6-3-4-8-21(16)24-22/h3-4,6,8-10,12-14,17,23H,5,7,11,15H2,1-2H3. The van der Waals surface area contributed by atoms with E-state index in [9.17, 15) is 0 Å². The third kappa shape index (κ3) is 3.92. The van der Waals surface area contributed by atoms with E-state index in [1.807, 2.05) is 30.3 Å². The number of ether oxygens (including phenoxy) is 2. The Hall–Kier alpha value is -2.95. The number of rotatable bonds is 5. The molecule has 0 saturated carbocycles. The Morgan fingerprint density at radius 2 is 1.78 bits per heavy atom. The molecule has 1 aromatic heterocycles. The van der Waals surface area contributed by atoms with Crippen molar-refractivity contribution in [1.82, 2.24) is 4.98 Å². The van der Waals surface area contributed by atoms with Gasteiger partial charge < -0.3 is 19.7 Å². The molecule has 1 N–H and O–H groups in total. The Kier molecular flexibility index (Phi) is 5.01. The second kappa shape index (κ2) is 7.74. The lowest BCUT2D eigenvalue weighted by Gasteiger charge is -2.34. The van der Waals surface area contributed by atoms with Gasteiger partial charge in [0.05, 0.1) is 19.7 Å². The summed E-state index contributed by atoms with van der Waals surface area (Å²) in [5, 5.41) is 4.81. The maximum absolute atomic E-state index is 5.38. The van der Waals surface area contributed by atoms with Crippen LogP contribution in [0.4, 0.5) is 11.5 Å². The highest BCUT2D eigenvalue weighted by atomic mass is 16.5. The summed E-state index contributed by atoms with van der Waals surface area (Å²) in [6, 6.07) is 18.8. The summed E-state index contributed by atoms with van der Waals surface area (Å²) in [4.78, 5) is 7.22. The number of nitrogens with one attached hydrogen (secondary N) is 1. The lowest BCUT2D eigenvalue weighted by atomic mass is 10.0. The maximum atomic E-state index is 5.38. The number of benzene rings is 2. The van der Waals surface area contributed by atoms with Gasteiger partial charge in [0.2, 0.25) is 0 Å². The molecule has 1 atom stereocenters. The lowest BCUT2D eigenvalue weighted by molar-refractivity contribution is 0.394. The van der Waals surface area contributed by atoms with Crippen LogP contribution in [-0.4, -0.2) is 38.3 Å². The van der Waals surface area contributed by atoms with Gasteiger partial charge in [0.15, 0.2) is 0 Å². The molecule has 1 aliphatic rings. The molecule has 0 radical (unpaired) electrons. The molecular formula is C22H25N3O2. The minimum absolute atomic E-state index is 0.351. The summed E-state index contributed by atoms with van der Waals surface area (Å²) in [6.45, 7) is 1.95. The zero-order valence-electron chi connectivity index (χ0n) is 15.8. The van der Waals surface area contributed by atoms with E-state index in [4.69, 9.17) is 14.5 Å². The smallest absolute Gasteiger partial charge is 0.129 e. The summed E-state index contributed by atoms with van der Waals surface area (Å²) < 4.78 is 10.8. The Labute approximate surface area is 159 Å². The van der Waals surface area contributed by atoms with Crippen molar-refractivity contribution in [3.05, 3.63) is 54.6 Å². The van der Waals surface area contributed by atoms with Crippen LogP contribution in [0, 0.1) is 0 Å². The van der Waals surface area contributed by atoms with Crippen molar-refractivity contribution in [1.29, 1.82) is 0 Å². The minimum atomic E-state index is 0.351. The van der Waals surface area contributed by atoms with Crippen LogP contribution < -0.4 is 19.7 Å². The fourth-order valence-electron chi connectivity index (χ4n) is 3.66. The van der Waals surface area contributed by atoms with Gasteiger partial charge >= 0.3 is 0 Å². The number of fused-ring (bicyclic) bond motifs is 1. The van der Waals surface area contributed by atoms with Crippen molar-refractivity contribution in [2.45, 2.75) is 18.9 Å². The number of aromatic nitrogens is 1. The molecule has 5 heteroatoms. The molecule has 3 aromatic rings. The number of anilines is 2. The van der Waals surface area contributed by atoms with Crippen LogP contribution in [0.15, 0.2) is 54.6 Å². The van der Waals surface area contributed by atoms with Crippen LogP contribution in [0.3, 0.4) is 0 Å². The van der Waals surface area contributed by atoms with Crippen LogP contribution in [0.25, 0.3) is 10.9 Å². The molecule has 1 unspecified atom stereocenters. The first-order chi connectivity index (χ1) is 13.2. The maximum Gasteiger partial charge on any atom is 0.129 e. The fraction of sp³-hybridized carbons (Fsp3) is 0.318. The second-order valence-electron chi connectivity index (χ2n) is 6.89. The van der Waals surface area contributed by atoms with E-state index >= 15 is 0 Å². The van der Waals surface area contributed by atoms with Crippen LogP contribution in [0.2, 0.25) is 0 Å². The van der Waals surface area contributed by atoms with Gasteiger partial charge in [-0.05, 0) is 31.0 Å². The van der Waals surface area contributed by atoms with Gasteiger partial charge in [-0.25, -0.2) is 4.98 Å². The topological polar surface area (TPSA) is 46.6 Å². The first-order valence-electron chi connectivity index (χ1n) is 9.35. The summed E-state index contributed by atoms with van der Waals surface area (Å²) in [5.74, 6) is 2.63. The van der Waals surface area contributed by atoms with E-state index in [0.29, 0.717) is 6.04 Å². The van der Waals surface area contributed by atoms with Crippen molar-refractivity contribution in [3.63, 3.8) is 0 Å². The third-order valence-electron chi connectivity index (χ3n) is 5.05.